The van der Waals surface area contributed by atoms with E-state index in [4.69, 9.17) is 4.74 Å². The molecule has 0 aliphatic heterocycles. The number of methoxy groups -OCH3 is 1. The van der Waals surface area contributed by atoms with Gasteiger partial charge in [-0.3, -0.25) is 9.48 Å². The van der Waals surface area contributed by atoms with E-state index in [9.17, 15) is 4.79 Å². The number of aromatic nitrogens is 8. The van der Waals surface area contributed by atoms with E-state index in [0.29, 0.717) is 50.8 Å². The third-order valence-corrected chi connectivity index (χ3v) is 5.41. The molecule has 0 fully saturated rings. The first-order chi connectivity index (χ1) is 15.9. The molecule has 11 nitrogen and oxygen atoms in total. The van der Waals surface area contributed by atoms with Crippen molar-refractivity contribution in [2.75, 3.05) is 12.4 Å². The maximum atomic E-state index is 13.3. The van der Waals surface area contributed by atoms with Crippen LogP contribution in [0.2, 0.25) is 0 Å². The molecule has 168 valence electrons. The van der Waals surface area contributed by atoms with Gasteiger partial charge in [-0.25, -0.2) is 19.9 Å². The summed E-state index contributed by atoms with van der Waals surface area (Å²) < 4.78 is 6.91. The number of imidazole rings is 1. The van der Waals surface area contributed by atoms with Gasteiger partial charge in [0, 0.05) is 31.7 Å². The third kappa shape index (κ3) is 3.67. The van der Waals surface area contributed by atoms with Crippen molar-refractivity contribution in [1.82, 2.24) is 39.7 Å². The Kier molecular flexibility index (Phi) is 5.00. The van der Waals surface area contributed by atoms with Crippen LogP contribution in [0.5, 0.6) is 5.75 Å². The Hall–Kier alpha value is -4.28. The van der Waals surface area contributed by atoms with Crippen molar-refractivity contribution in [2.24, 2.45) is 13.0 Å². The molecule has 0 saturated heterocycles. The van der Waals surface area contributed by atoms with Gasteiger partial charge in [-0.1, -0.05) is 13.8 Å². The fourth-order valence-corrected chi connectivity index (χ4v) is 3.81. The van der Waals surface area contributed by atoms with Gasteiger partial charge in [-0.15, -0.1) is 0 Å². The number of fused-ring (bicyclic) bond motifs is 2. The number of H-pyrrole nitrogens is 2. The summed E-state index contributed by atoms with van der Waals surface area (Å²) in [6.45, 7) is 4.13. The average Bonchev–Trinajstić information content (AvgIpc) is 3.38. The minimum Gasteiger partial charge on any atom is -0.495 e. The largest absolute Gasteiger partial charge is 0.495 e. The molecule has 5 rings (SSSR count). The van der Waals surface area contributed by atoms with Crippen LogP contribution in [-0.4, -0.2) is 46.8 Å². The first-order valence-corrected chi connectivity index (χ1v) is 10.5. The minimum atomic E-state index is -0.305. The first kappa shape index (κ1) is 20.6. The highest BCUT2D eigenvalue weighted by Crippen LogP contribution is 2.34. The normalized spacial score (nSPS) is 12.5. The molecule has 0 aromatic carbocycles. The summed E-state index contributed by atoms with van der Waals surface area (Å²) in [6, 6.07) is 3.29. The fourth-order valence-electron chi connectivity index (χ4n) is 3.81. The van der Waals surface area contributed by atoms with E-state index >= 15 is 0 Å². The van der Waals surface area contributed by atoms with Gasteiger partial charge in [-0.2, -0.15) is 5.10 Å². The van der Waals surface area contributed by atoms with Gasteiger partial charge in [0.25, 0.3) is 5.56 Å². The van der Waals surface area contributed by atoms with Crippen LogP contribution in [0.3, 0.4) is 0 Å². The number of hydrogen-bond donors (Lipinski definition) is 3. The minimum absolute atomic E-state index is 0.125. The molecule has 5 aromatic heterocycles. The van der Waals surface area contributed by atoms with Gasteiger partial charge in [0.1, 0.15) is 22.7 Å². The number of aryl methyl sites for hydroxylation is 1. The van der Waals surface area contributed by atoms with Crippen molar-refractivity contribution in [1.29, 1.82) is 0 Å². The Morgan fingerprint density at radius 3 is 2.64 bits per heavy atom. The first-order valence-electron chi connectivity index (χ1n) is 10.5. The summed E-state index contributed by atoms with van der Waals surface area (Å²) in [6.07, 6.45) is 6.75. The number of aromatic amines is 2. The van der Waals surface area contributed by atoms with Gasteiger partial charge < -0.3 is 20.0 Å². The molecule has 1 atom stereocenters. The molecule has 0 unspecified atom stereocenters. The molecule has 0 amide bonds. The average molecular weight is 445 g/mol. The summed E-state index contributed by atoms with van der Waals surface area (Å²) in [4.78, 5) is 37.1. The van der Waals surface area contributed by atoms with Crippen LogP contribution in [0.4, 0.5) is 5.69 Å². The van der Waals surface area contributed by atoms with Gasteiger partial charge in [-0.05, 0) is 12.0 Å². The zero-order valence-electron chi connectivity index (χ0n) is 18.6. The van der Waals surface area contributed by atoms with Crippen LogP contribution in [0.15, 0.2) is 41.7 Å². The van der Waals surface area contributed by atoms with E-state index in [1.165, 1.54) is 0 Å². The summed E-state index contributed by atoms with van der Waals surface area (Å²) in [5, 5.41) is 8.09. The van der Waals surface area contributed by atoms with Crippen LogP contribution in [-0.2, 0) is 7.05 Å². The monoisotopic (exact) mass is 445 g/mol. The van der Waals surface area contributed by atoms with Gasteiger partial charge in [0.15, 0.2) is 11.5 Å². The number of nitrogens with zero attached hydrogens (tertiary/aromatic N) is 6. The molecule has 0 bridgehead atoms. The van der Waals surface area contributed by atoms with E-state index in [1.54, 1.807) is 55.8 Å². The lowest BCUT2D eigenvalue weighted by atomic mass is 10.0. The van der Waals surface area contributed by atoms with Gasteiger partial charge in [0.2, 0.25) is 0 Å². The van der Waals surface area contributed by atoms with E-state index < -0.39 is 0 Å². The smallest absolute Gasteiger partial charge is 0.261 e. The summed E-state index contributed by atoms with van der Waals surface area (Å²) in [7, 11) is 3.37. The predicted octanol–water partition coefficient (Wildman–Crippen LogP) is 2.81. The van der Waals surface area contributed by atoms with Crippen molar-refractivity contribution in [3.8, 4) is 17.1 Å². The van der Waals surface area contributed by atoms with Crippen molar-refractivity contribution < 1.29 is 4.74 Å². The standard InChI is InChI=1S/C22H23N9O2/c1-11(2)16(21-23-6-5-7-24-21)28-18-15(22(32)27-14-10-31(3)30-17(14)18)20-26-13-8-12(33-4)9-25-19(13)29-20/h5-11,16,28H,1-4H3,(H,27,32)(H,25,26,29)/t16-/m0/s1. The zero-order valence-corrected chi connectivity index (χ0v) is 18.6. The Morgan fingerprint density at radius 1 is 1.12 bits per heavy atom. The Bertz CT molecular complexity index is 1500. The van der Waals surface area contributed by atoms with Gasteiger partial charge in [0.05, 0.1) is 36.1 Å². The molecule has 0 spiro atoms. The predicted molar refractivity (Wildman–Crippen MR) is 124 cm³/mol. The van der Waals surface area contributed by atoms with Crippen molar-refractivity contribution in [2.45, 2.75) is 19.9 Å². The van der Waals surface area contributed by atoms with Crippen molar-refractivity contribution in [3.05, 3.63) is 53.1 Å². The van der Waals surface area contributed by atoms with Crippen LogP contribution in [0.1, 0.15) is 25.7 Å². The molecular weight excluding hydrogens is 422 g/mol. The molecule has 3 N–H and O–H groups in total. The highest BCUT2D eigenvalue weighted by atomic mass is 16.5. The number of rotatable bonds is 6. The molecule has 0 aliphatic rings. The van der Waals surface area contributed by atoms with Crippen LogP contribution in [0, 0.1) is 5.92 Å². The molecule has 11 heteroatoms. The van der Waals surface area contributed by atoms with Crippen molar-refractivity contribution in [3.63, 3.8) is 0 Å². The Balaban J connectivity index is 1.73. The van der Waals surface area contributed by atoms with Crippen LogP contribution < -0.4 is 15.6 Å². The lowest BCUT2D eigenvalue weighted by Crippen LogP contribution is -2.22. The second-order valence-corrected chi connectivity index (χ2v) is 8.07. The molecule has 0 aliphatic carbocycles. The molecule has 0 radical (unpaired) electrons. The molecule has 5 heterocycles. The Labute approximate surface area is 188 Å². The summed E-state index contributed by atoms with van der Waals surface area (Å²) >= 11 is 0. The van der Waals surface area contributed by atoms with E-state index in [-0.39, 0.29) is 17.5 Å². The molecule has 5 aromatic rings. The zero-order chi connectivity index (χ0) is 23.1. The lowest BCUT2D eigenvalue weighted by Gasteiger charge is -2.23. The van der Waals surface area contributed by atoms with E-state index in [2.05, 4.69) is 54.2 Å². The van der Waals surface area contributed by atoms with E-state index in [0.717, 1.165) is 0 Å². The summed E-state index contributed by atoms with van der Waals surface area (Å²) in [5.74, 6) is 1.71. The molecular formula is C22H23N9O2. The topological polar surface area (TPSA) is 139 Å². The number of anilines is 1. The molecule has 0 saturated carbocycles. The number of nitrogens with one attached hydrogen (secondary N) is 3. The van der Waals surface area contributed by atoms with Crippen LogP contribution in [0.25, 0.3) is 33.6 Å². The second-order valence-electron chi connectivity index (χ2n) is 8.07. The number of ether oxygens (including phenoxy) is 1. The highest BCUT2D eigenvalue weighted by Gasteiger charge is 2.26. The molecule has 33 heavy (non-hydrogen) atoms. The number of pyridine rings is 2. The van der Waals surface area contributed by atoms with Gasteiger partial charge >= 0.3 is 0 Å². The van der Waals surface area contributed by atoms with Crippen molar-refractivity contribution >= 4 is 27.9 Å². The fraction of sp³-hybridized carbons (Fsp3) is 0.273. The summed E-state index contributed by atoms with van der Waals surface area (Å²) in [5.41, 5.74) is 2.93. The quantitative estimate of drug-likeness (QED) is 0.363. The highest BCUT2D eigenvalue weighted by molar-refractivity contribution is 5.96. The Morgan fingerprint density at radius 2 is 1.91 bits per heavy atom. The maximum Gasteiger partial charge on any atom is 0.261 e. The third-order valence-electron chi connectivity index (χ3n) is 5.41. The van der Waals surface area contributed by atoms with Crippen LogP contribution >= 0.6 is 0 Å². The second kappa shape index (κ2) is 8.01. The SMILES string of the molecule is COc1cnc2nc(-c3c(N[C@H](c4ncccn4)C(C)C)c4nn(C)cc4[nH]c3=O)[nH]c2c1. The van der Waals surface area contributed by atoms with E-state index in [1.807, 2.05) is 0 Å². The maximum absolute atomic E-state index is 13.3. The number of hydrogen-bond acceptors (Lipinski definition) is 8. The lowest BCUT2D eigenvalue weighted by molar-refractivity contribution is 0.413.